The van der Waals surface area contributed by atoms with Crippen molar-refractivity contribution in [2.45, 2.75) is 13.1 Å². The van der Waals surface area contributed by atoms with E-state index in [2.05, 4.69) is 25.5 Å². The maximum Gasteiger partial charge on any atom is 0.160 e. The maximum absolute atomic E-state index is 14.0. The first kappa shape index (κ1) is 14.4. The fourth-order valence-electron chi connectivity index (χ4n) is 2.26. The van der Waals surface area contributed by atoms with Gasteiger partial charge in [-0.1, -0.05) is 12.1 Å². The average molecular weight is 300 g/mol. The van der Waals surface area contributed by atoms with Crippen molar-refractivity contribution in [1.82, 2.24) is 25.1 Å². The van der Waals surface area contributed by atoms with Crippen molar-refractivity contribution < 1.29 is 4.39 Å². The van der Waals surface area contributed by atoms with Crippen molar-refractivity contribution in [2.24, 2.45) is 0 Å². The molecule has 1 aromatic carbocycles. The number of H-pyrrole nitrogens is 1. The molecule has 0 aliphatic heterocycles. The highest BCUT2D eigenvalue weighted by molar-refractivity contribution is 5.85. The van der Waals surface area contributed by atoms with Crippen molar-refractivity contribution in [3.63, 3.8) is 0 Å². The molecule has 3 aromatic rings. The zero-order valence-corrected chi connectivity index (χ0v) is 12.5. The molecule has 6 nitrogen and oxygen atoms in total. The number of anilines is 1. The normalized spacial score (nSPS) is 11.3. The minimum Gasteiger partial charge on any atom is -0.365 e. The van der Waals surface area contributed by atoms with Gasteiger partial charge in [0.05, 0.1) is 11.6 Å². The van der Waals surface area contributed by atoms with Crippen LogP contribution in [0.2, 0.25) is 0 Å². The molecule has 3 rings (SSSR count). The van der Waals surface area contributed by atoms with E-state index in [-0.39, 0.29) is 5.82 Å². The van der Waals surface area contributed by atoms with E-state index in [9.17, 15) is 4.39 Å². The molecule has 0 radical (unpaired) electrons. The largest absolute Gasteiger partial charge is 0.365 e. The predicted octanol–water partition coefficient (Wildman–Crippen LogP) is 2.17. The number of rotatable bonds is 5. The van der Waals surface area contributed by atoms with Gasteiger partial charge >= 0.3 is 0 Å². The van der Waals surface area contributed by atoms with Gasteiger partial charge in [0.1, 0.15) is 18.0 Å². The number of benzene rings is 1. The summed E-state index contributed by atoms with van der Waals surface area (Å²) in [6.45, 7) is 1.07. The zero-order valence-electron chi connectivity index (χ0n) is 12.5. The molecular weight excluding hydrogens is 283 g/mol. The van der Waals surface area contributed by atoms with E-state index in [0.29, 0.717) is 30.1 Å². The predicted molar refractivity (Wildman–Crippen MR) is 82.8 cm³/mol. The summed E-state index contributed by atoms with van der Waals surface area (Å²) in [6.07, 6.45) is 3.13. The maximum atomic E-state index is 14.0. The number of aromatic amines is 1. The SMILES string of the molecule is CN(C)Cc1ccc(CNc2ncnc3[nH]ncc23)cc1F. The molecule has 0 spiro atoms. The number of hydrogen-bond donors (Lipinski definition) is 2. The van der Waals surface area contributed by atoms with E-state index in [1.54, 1.807) is 12.3 Å². The number of nitrogens with zero attached hydrogens (tertiary/aromatic N) is 4. The van der Waals surface area contributed by atoms with E-state index in [1.807, 2.05) is 31.1 Å². The topological polar surface area (TPSA) is 69.7 Å². The first-order valence-electron chi connectivity index (χ1n) is 6.93. The van der Waals surface area contributed by atoms with Crippen molar-refractivity contribution in [1.29, 1.82) is 0 Å². The summed E-state index contributed by atoms with van der Waals surface area (Å²) < 4.78 is 14.0. The summed E-state index contributed by atoms with van der Waals surface area (Å²) in [5, 5.41) is 10.7. The Morgan fingerprint density at radius 1 is 1.27 bits per heavy atom. The fraction of sp³-hybridized carbons (Fsp3) is 0.267. The number of hydrogen-bond acceptors (Lipinski definition) is 5. The number of halogens is 1. The monoisotopic (exact) mass is 300 g/mol. The Balaban J connectivity index is 1.74. The number of fused-ring (bicyclic) bond motifs is 1. The second-order valence-corrected chi connectivity index (χ2v) is 5.37. The van der Waals surface area contributed by atoms with Crippen LogP contribution in [0.25, 0.3) is 11.0 Å². The van der Waals surface area contributed by atoms with Crippen LogP contribution in [0.15, 0.2) is 30.7 Å². The quantitative estimate of drug-likeness (QED) is 0.755. The molecule has 0 fully saturated rings. The van der Waals surface area contributed by atoms with Gasteiger partial charge < -0.3 is 10.2 Å². The third-order valence-electron chi connectivity index (χ3n) is 3.31. The van der Waals surface area contributed by atoms with Crippen LogP contribution in [0.3, 0.4) is 0 Å². The van der Waals surface area contributed by atoms with Crippen molar-refractivity contribution in [3.05, 3.63) is 47.7 Å². The Morgan fingerprint density at radius 3 is 2.91 bits per heavy atom. The van der Waals surface area contributed by atoms with Gasteiger partial charge in [0.15, 0.2) is 5.65 Å². The molecule has 0 atom stereocenters. The first-order valence-corrected chi connectivity index (χ1v) is 6.93. The summed E-state index contributed by atoms with van der Waals surface area (Å²) in [5.74, 6) is 0.487. The van der Waals surface area contributed by atoms with Crippen LogP contribution in [0.4, 0.5) is 10.2 Å². The fourth-order valence-corrected chi connectivity index (χ4v) is 2.26. The lowest BCUT2D eigenvalue weighted by Crippen LogP contribution is -2.12. The van der Waals surface area contributed by atoms with E-state index in [4.69, 9.17) is 0 Å². The van der Waals surface area contributed by atoms with Crippen LogP contribution in [-0.2, 0) is 13.1 Å². The lowest BCUT2D eigenvalue weighted by Gasteiger charge is -2.12. The summed E-state index contributed by atoms with van der Waals surface area (Å²) in [6, 6.07) is 5.29. The number of nitrogens with one attached hydrogen (secondary N) is 2. The van der Waals surface area contributed by atoms with E-state index < -0.39 is 0 Å². The van der Waals surface area contributed by atoms with E-state index >= 15 is 0 Å². The highest BCUT2D eigenvalue weighted by Crippen LogP contribution is 2.18. The third kappa shape index (κ3) is 3.04. The Kier molecular flexibility index (Phi) is 3.97. The van der Waals surface area contributed by atoms with Gasteiger partial charge in [-0.05, 0) is 25.7 Å². The Labute approximate surface area is 127 Å². The third-order valence-corrected chi connectivity index (χ3v) is 3.31. The molecule has 2 heterocycles. The van der Waals surface area contributed by atoms with Gasteiger partial charge in [0, 0.05) is 18.7 Å². The molecule has 0 bridgehead atoms. The summed E-state index contributed by atoms with van der Waals surface area (Å²) in [5.41, 5.74) is 2.22. The highest BCUT2D eigenvalue weighted by atomic mass is 19.1. The van der Waals surface area contributed by atoms with Gasteiger partial charge in [0.2, 0.25) is 0 Å². The Hall–Kier alpha value is -2.54. The summed E-state index contributed by atoms with van der Waals surface area (Å²) in [4.78, 5) is 10.2. The zero-order chi connectivity index (χ0) is 15.5. The van der Waals surface area contributed by atoms with Crippen LogP contribution in [0, 0.1) is 5.82 Å². The number of aromatic nitrogens is 4. The molecule has 114 valence electrons. The molecule has 0 amide bonds. The summed E-state index contributed by atoms with van der Waals surface area (Å²) >= 11 is 0. The van der Waals surface area contributed by atoms with Crippen LogP contribution in [0.5, 0.6) is 0 Å². The van der Waals surface area contributed by atoms with Gasteiger partial charge in [-0.15, -0.1) is 0 Å². The van der Waals surface area contributed by atoms with Gasteiger partial charge in [-0.3, -0.25) is 5.10 Å². The lowest BCUT2D eigenvalue weighted by molar-refractivity contribution is 0.392. The molecule has 0 unspecified atom stereocenters. The first-order chi connectivity index (χ1) is 10.6. The van der Waals surface area contributed by atoms with Gasteiger partial charge in [-0.2, -0.15) is 5.10 Å². The summed E-state index contributed by atoms with van der Waals surface area (Å²) in [7, 11) is 3.83. The molecule has 0 aliphatic carbocycles. The van der Waals surface area contributed by atoms with Crippen molar-refractivity contribution in [2.75, 3.05) is 19.4 Å². The van der Waals surface area contributed by atoms with Crippen LogP contribution < -0.4 is 5.32 Å². The Morgan fingerprint density at radius 2 is 2.14 bits per heavy atom. The molecule has 0 saturated heterocycles. The molecule has 0 saturated carbocycles. The van der Waals surface area contributed by atoms with Gasteiger partial charge in [-0.25, -0.2) is 14.4 Å². The molecule has 2 aromatic heterocycles. The second-order valence-electron chi connectivity index (χ2n) is 5.37. The molecule has 22 heavy (non-hydrogen) atoms. The van der Waals surface area contributed by atoms with E-state index in [0.717, 1.165) is 10.9 Å². The van der Waals surface area contributed by atoms with Crippen molar-refractivity contribution in [3.8, 4) is 0 Å². The smallest absolute Gasteiger partial charge is 0.160 e. The molecule has 2 N–H and O–H groups in total. The minimum atomic E-state index is -0.191. The van der Waals surface area contributed by atoms with E-state index in [1.165, 1.54) is 6.33 Å². The lowest BCUT2D eigenvalue weighted by atomic mass is 10.1. The van der Waals surface area contributed by atoms with Crippen LogP contribution >= 0.6 is 0 Å². The minimum absolute atomic E-state index is 0.191. The van der Waals surface area contributed by atoms with Crippen molar-refractivity contribution >= 4 is 16.9 Å². The van der Waals surface area contributed by atoms with Crippen LogP contribution in [-0.4, -0.2) is 39.2 Å². The molecular formula is C15H17FN6. The Bertz CT molecular complexity index is 783. The standard InChI is InChI=1S/C15H17FN6/c1-22(2)8-11-4-3-10(5-13(11)16)6-17-14-12-7-20-21-15(12)19-9-18-14/h3-5,7,9H,6,8H2,1-2H3,(H2,17,18,19,20,21). The highest BCUT2D eigenvalue weighted by Gasteiger charge is 2.07. The molecule has 7 heteroatoms. The average Bonchev–Trinajstić information content (AvgIpc) is 2.96. The van der Waals surface area contributed by atoms with Crippen LogP contribution in [0.1, 0.15) is 11.1 Å². The molecule has 0 aliphatic rings. The van der Waals surface area contributed by atoms with Gasteiger partial charge in [0.25, 0.3) is 0 Å². The second kappa shape index (κ2) is 6.07.